The summed E-state index contributed by atoms with van der Waals surface area (Å²) in [7, 11) is 1.32. The number of rotatable bonds is 3. The van der Waals surface area contributed by atoms with Crippen molar-refractivity contribution in [2.75, 3.05) is 38.6 Å². The molecular weight excluding hydrogens is 274 g/mol. The number of nitrogens with one attached hydrogen (secondary N) is 1. The lowest BCUT2D eigenvalue weighted by atomic mass is 10.2. The van der Waals surface area contributed by atoms with Crippen LogP contribution < -0.4 is 5.32 Å². The number of hydrogen-bond acceptors (Lipinski definition) is 4. The molecule has 1 N–H and O–H groups in total. The second kappa shape index (κ2) is 6.74. The fourth-order valence-corrected chi connectivity index (χ4v) is 2.04. The summed E-state index contributed by atoms with van der Waals surface area (Å²) in [6, 6.07) is 6.25. The van der Waals surface area contributed by atoms with E-state index >= 15 is 0 Å². The second-order valence-electron chi connectivity index (χ2n) is 4.63. The number of amides is 3. The van der Waals surface area contributed by atoms with Gasteiger partial charge in [0.25, 0.3) is 0 Å². The largest absolute Gasteiger partial charge is 0.465 e. The van der Waals surface area contributed by atoms with Gasteiger partial charge in [-0.2, -0.15) is 0 Å². The third kappa shape index (κ3) is 3.71. The Hall–Kier alpha value is -2.57. The van der Waals surface area contributed by atoms with Crippen LogP contribution in [0.2, 0.25) is 0 Å². The quantitative estimate of drug-likeness (QED) is 0.659. The Morgan fingerprint density at radius 1 is 1.14 bits per heavy atom. The predicted molar refractivity (Wildman–Crippen MR) is 76.0 cm³/mol. The number of esters is 1. The molecule has 21 heavy (non-hydrogen) atoms. The van der Waals surface area contributed by atoms with Crippen LogP contribution in [0.25, 0.3) is 0 Å². The fourth-order valence-electron chi connectivity index (χ4n) is 2.04. The molecule has 3 amide bonds. The first kappa shape index (κ1) is 14.8. The Bertz CT molecular complexity index is 522. The van der Waals surface area contributed by atoms with Crippen molar-refractivity contribution in [2.45, 2.75) is 0 Å². The number of piperazine rings is 1. The maximum Gasteiger partial charge on any atom is 0.337 e. The minimum Gasteiger partial charge on any atom is -0.465 e. The molecule has 1 fully saturated rings. The molecule has 1 saturated heterocycles. The van der Waals surface area contributed by atoms with Crippen LogP contribution in [0.4, 0.5) is 10.5 Å². The molecular formula is C14H17N3O4. The van der Waals surface area contributed by atoms with Crippen LogP contribution in [-0.4, -0.2) is 61.5 Å². The number of benzene rings is 1. The van der Waals surface area contributed by atoms with E-state index in [1.807, 2.05) is 0 Å². The number of carbonyl (C=O) groups is 3. The summed E-state index contributed by atoms with van der Waals surface area (Å²) in [4.78, 5) is 37.2. The minimum atomic E-state index is -0.419. The van der Waals surface area contributed by atoms with Crippen LogP contribution in [0.5, 0.6) is 0 Å². The maximum atomic E-state index is 12.1. The molecule has 112 valence electrons. The topological polar surface area (TPSA) is 79.0 Å². The zero-order valence-corrected chi connectivity index (χ0v) is 11.7. The van der Waals surface area contributed by atoms with Gasteiger partial charge in [0.15, 0.2) is 0 Å². The minimum absolute atomic E-state index is 0.216. The molecule has 1 heterocycles. The van der Waals surface area contributed by atoms with Crippen LogP contribution in [0.1, 0.15) is 10.4 Å². The van der Waals surface area contributed by atoms with Crippen molar-refractivity contribution in [1.82, 2.24) is 9.80 Å². The van der Waals surface area contributed by atoms with E-state index in [1.54, 1.807) is 34.1 Å². The SMILES string of the molecule is COC(=O)c1ccc(NC(=O)N2CCN(C=O)CC2)cc1. The van der Waals surface area contributed by atoms with Crippen molar-refractivity contribution >= 4 is 24.1 Å². The standard InChI is InChI=1S/C14H17N3O4/c1-21-13(19)11-2-4-12(5-3-11)15-14(20)17-8-6-16(10-18)7-9-17/h2-5,10H,6-9H2,1H3,(H,15,20). The van der Waals surface area contributed by atoms with E-state index in [9.17, 15) is 14.4 Å². The molecule has 0 unspecified atom stereocenters. The summed E-state index contributed by atoms with van der Waals surface area (Å²) in [5.41, 5.74) is 1.03. The molecule has 0 saturated carbocycles. The van der Waals surface area contributed by atoms with Crippen molar-refractivity contribution in [3.05, 3.63) is 29.8 Å². The highest BCUT2D eigenvalue weighted by atomic mass is 16.5. The first-order chi connectivity index (χ1) is 10.1. The van der Waals surface area contributed by atoms with E-state index in [1.165, 1.54) is 7.11 Å². The van der Waals surface area contributed by atoms with Crippen LogP contribution >= 0.6 is 0 Å². The third-order valence-corrected chi connectivity index (χ3v) is 3.31. The van der Waals surface area contributed by atoms with Gasteiger partial charge in [0.2, 0.25) is 6.41 Å². The van der Waals surface area contributed by atoms with Crippen molar-refractivity contribution in [2.24, 2.45) is 0 Å². The molecule has 7 nitrogen and oxygen atoms in total. The maximum absolute atomic E-state index is 12.1. The normalized spacial score (nSPS) is 14.5. The van der Waals surface area contributed by atoms with E-state index in [-0.39, 0.29) is 6.03 Å². The van der Waals surface area contributed by atoms with E-state index in [0.717, 1.165) is 6.41 Å². The predicted octanol–water partition coefficient (Wildman–Crippen LogP) is 0.779. The molecule has 0 aromatic heterocycles. The number of methoxy groups -OCH3 is 1. The monoisotopic (exact) mass is 291 g/mol. The molecule has 1 aromatic rings. The van der Waals surface area contributed by atoms with Gasteiger partial charge in [-0.3, -0.25) is 4.79 Å². The first-order valence-corrected chi connectivity index (χ1v) is 6.57. The molecule has 1 aromatic carbocycles. The van der Waals surface area contributed by atoms with E-state index in [0.29, 0.717) is 37.4 Å². The number of ether oxygens (including phenoxy) is 1. The fraction of sp³-hybridized carbons (Fsp3) is 0.357. The Morgan fingerprint density at radius 3 is 2.29 bits per heavy atom. The number of hydrogen-bond donors (Lipinski definition) is 1. The molecule has 0 atom stereocenters. The molecule has 0 bridgehead atoms. The highest BCUT2D eigenvalue weighted by Gasteiger charge is 2.20. The lowest BCUT2D eigenvalue weighted by molar-refractivity contribution is -0.119. The molecule has 7 heteroatoms. The van der Waals surface area contributed by atoms with Gasteiger partial charge in [0.05, 0.1) is 12.7 Å². The van der Waals surface area contributed by atoms with Gasteiger partial charge in [0, 0.05) is 31.9 Å². The number of nitrogens with zero attached hydrogens (tertiary/aromatic N) is 2. The Kier molecular flexibility index (Phi) is 4.76. The van der Waals surface area contributed by atoms with E-state index in [2.05, 4.69) is 10.1 Å². The van der Waals surface area contributed by atoms with Crippen LogP contribution in [0.15, 0.2) is 24.3 Å². The summed E-state index contributed by atoms with van der Waals surface area (Å²) in [6.07, 6.45) is 0.792. The zero-order valence-electron chi connectivity index (χ0n) is 11.7. The Balaban J connectivity index is 1.91. The summed E-state index contributed by atoms with van der Waals surface area (Å²) in [5, 5.41) is 2.76. The number of carbonyl (C=O) groups excluding carboxylic acids is 3. The highest BCUT2D eigenvalue weighted by molar-refractivity contribution is 5.92. The van der Waals surface area contributed by atoms with Gasteiger partial charge in [0.1, 0.15) is 0 Å². The van der Waals surface area contributed by atoms with Gasteiger partial charge in [-0.1, -0.05) is 0 Å². The van der Waals surface area contributed by atoms with Gasteiger partial charge in [-0.05, 0) is 24.3 Å². The second-order valence-corrected chi connectivity index (χ2v) is 4.63. The summed E-state index contributed by atoms with van der Waals surface area (Å²) in [5.74, 6) is -0.419. The van der Waals surface area contributed by atoms with Crippen LogP contribution in [0, 0.1) is 0 Å². The third-order valence-electron chi connectivity index (χ3n) is 3.31. The molecule has 0 spiro atoms. The van der Waals surface area contributed by atoms with Crippen LogP contribution in [0.3, 0.4) is 0 Å². The van der Waals surface area contributed by atoms with Crippen molar-refractivity contribution in [3.63, 3.8) is 0 Å². The van der Waals surface area contributed by atoms with E-state index in [4.69, 9.17) is 0 Å². The Morgan fingerprint density at radius 2 is 1.76 bits per heavy atom. The Labute approximate surface area is 122 Å². The first-order valence-electron chi connectivity index (χ1n) is 6.57. The average molecular weight is 291 g/mol. The average Bonchev–Trinajstić information content (AvgIpc) is 2.55. The lowest BCUT2D eigenvalue weighted by Crippen LogP contribution is -2.49. The van der Waals surface area contributed by atoms with Crippen molar-refractivity contribution < 1.29 is 19.1 Å². The molecule has 2 rings (SSSR count). The van der Waals surface area contributed by atoms with Gasteiger partial charge < -0.3 is 19.9 Å². The van der Waals surface area contributed by atoms with Crippen molar-refractivity contribution in [3.8, 4) is 0 Å². The zero-order chi connectivity index (χ0) is 15.2. The summed E-state index contributed by atoms with van der Waals surface area (Å²) in [6.45, 7) is 2.09. The highest BCUT2D eigenvalue weighted by Crippen LogP contribution is 2.12. The van der Waals surface area contributed by atoms with Gasteiger partial charge in [-0.15, -0.1) is 0 Å². The van der Waals surface area contributed by atoms with Gasteiger partial charge in [-0.25, -0.2) is 9.59 Å². The molecule has 1 aliphatic rings. The van der Waals surface area contributed by atoms with Crippen molar-refractivity contribution in [1.29, 1.82) is 0 Å². The van der Waals surface area contributed by atoms with E-state index < -0.39 is 5.97 Å². The van der Waals surface area contributed by atoms with Gasteiger partial charge >= 0.3 is 12.0 Å². The lowest BCUT2D eigenvalue weighted by Gasteiger charge is -2.32. The van der Waals surface area contributed by atoms with Crippen LogP contribution in [-0.2, 0) is 9.53 Å². The molecule has 1 aliphatic heterocycles. The summed E-state index contributed by atoms with van der Waals surface area (Å²) >= 11 is 0. The number of anilines is 1. The summed E-state index contributed by atoms with van der Waals surface area (Å²) < 4.78 is 4.61. The molecule has 0 radical (unpaired) electrons. The molecule has 0 aliphatic carbocycles. The smallest absolute Gasteiger partial charge is 0.337 e. The number of urea groups is 1.